The molecule has 94 valence electrons. The van der Waals surface area contributed by atoms with Crippen LogP contribution in [0.2, 0.25) is 0 Å². The molecule has 1 heterocycles. The third-order valence-electron chi connectivity index (χ3n) is 4.58. The second-order valence-corrected chi connectivity index (χ2v) is 5.66. The summed E-state index contributed by atoms with van der Waals surface area (Å²) in [4.78, 5) is 0. The Bertz CT molecular complexity index is 377. The summed E-state index contributed by atoms with van der Waals surface area (Å²) in [6, 6.07) is 0. The second kappa shape index (κ2) is 4.81. The zero-order chi connectivity index (χ0) is 11.7. The number of hydrogen-bond donors (Lipinski definition) is 2. The molecule has 1 aromatic heterocycles. The van der Waals surface area contributed by atoms with Crippen molar-refractivity contribution in [1.82, 2.24) is 10.2 Å². The van der Waals surface area contributed by atoms with Gasteiger partial charge in [0.05, 0.1) is 5.69 Å². The van der Waals surface area contributed by atoms with Gasteiger partial charge in [-0.3, -0.25) is 5.10 Å². The average molecular weight is 233 g/mol. The predicted octanol–water partition coefficient (Wildman–Crippen LogP) is 2.84. The molecule has 17 heavy (non-hydrogen) atoms. The van der Waals surface area contributed by atoms with Crippen LogP contribution in [0.25, 0.3) is 0 Å². The SMILES string of the molecule is NCC1CCCc2[nH]nc(C3CCCCC3)c21. The van der Waals surface area contributed by atoms with E-state index in [0.717, 1.165) is 6.54 Å². The van der Waals surface area contributed by atoms with Gasteiger partial charge >= 0.3 is 0 Å². The van der Waals surface area contributed by atoms with E-state index in [0.29, 0.717) is 11.8 Å². The van der Waals surface area contributed by atoms with Gasteiger partial charge in [-0.2, -0.15) is 5.10 Å². The van der Waals surface area contributed by atoms with E-state index in [4.69, 9.17) is 5.73 Å². The maximum Gasteiger partial charge on any atom is 0.0691 e. The van der Waals surface area contributed by atoms with Gasteiger partial charge in [-0.1, -0.05) is 19.3 Å². The van der Waals surface area contributed by atoms with Crippen LogP contribution in [0.5, 0.6) is 0 Å². The molecule has 0 radical (unpaired) electrons. The van der Waals surface area contributed by atoms with Gasteiger partial charge < -0.3 is 5.73 Å². The molecule has 3 heteroatoms. The number of aromatic amines is 1. The Kier molecular flexibility index (Phi) is 3.19. The molecular formula is C14H23N3. The topological polar surface area (TPSA) is 54.7 Å². The smallest absolute Gasteiger partial charge is 0.0691 e. The minimum absolute atomic E-state index is 0.564. The van der Waals surface area contributed by atoms with Crippen LogP contribution in [0.4, 0.5) is 0 Å². The van der Waals surface area contributed by atoms with Crippen molar-refractivity contribution in [3.63, 3.8) is 0 Å². The molecule has 0 amide bonds. The summed E-state index contributed by atoms with van der Waals surface area (Å²) in [6.45, 7) is 0.784. The van der Waals surface area contributed by atoms with Gasteiger partial charge in [-0.15, -0.1) is 0 Å². The molecule has 3 rings (SSSR count). The maximum atomic E-state index is 5.93. The largest absolute Gasteiger partial charge is 0.330 e. The Labute approximate surface area is 103 Å². The average Bonchev–Trinajstić information content (AvgIpc) is 2.83. The molecule has 0 spiro atoms. The lowest BCUT2D eigenvalue weighted by molar-refractivity contribution is 0.430. The van der Waals surface area contributed by atoms with Gasteiger partial charge in [0.15, 0.2) is 0 Å². The van der Waals surface area contributed by atoms with Gasteiger partial charge in [-0.25, -0.2) is 0 Å². The van der Waals surface area contributed by atoms with E-state index in [1.807, 2.05) is 0 Å². The van der Waals surface area contributed by atoms with E-state index >= 15 is 0 Å². The minimum atomic E-state index is 0.564. The number of nitrogens with zero attached hydrogens (tertiary/aromatic N) is 1. The van der Waals surface area contributed by atoms with Crippen LogP contribution in [-0.2, 0) is 6.42 Å². The van der Waals surface area contributed by atoms with E-state index < -0.39 is 0 Å². The van der Waals surface area contributed by atoms with Crippen molar-refractivity contribution >= 4 is 0 Å². The second-order valence-electron chi connectivity index (χ2n) is 5.66. The Morgan fingerprint density at radius 1 is 1.12 bits per heavy atom. The highest BCUT2D eigenvalue weighted by molar-refractivity contribution is 5.34. The summed E-state index contributed by atoms with van der Waals surface area (Å²) in [5.41, 5.74) is 10.2. The first kappa shape index (κ1) is 11.3. The third-order valence-corrected chi connectivity index (χ3v) is 4.58. The van der Waals surface area contributed by atoms with Crippen LogP contribution in [-0.4, -0.2) is 16.7 Å². The Morgan fingerprint density at radius 2 is 1.94 bits per heavy atom. The van der Waals surface area contributed by atoms with E-state index in [1.165, 1.54) is 68.3 Å². The third kappa shape index (κ3) is 2.01. The molecular weight excluding hydrogens is 210 g/mol. The summed E-state index contributed by atoms with van der Waals surface area (Å²) in [7, 11) is 0. The van der Waals surface area contributed by atoms with Crippen molar-refractivity contribution in [2.75, 3.05) is 6.54 Å². The van der Waals surface area contributed by atoms with Gasteiger partial charge in [0.2, 0.25) is 0 Å². The van der Waals surface area contributed by atoms with E-state index in [-0.39, 0.29) is 0 Å². The highest BCUT2D eigenvalue weighted by atomic mass is 15.1. The van der Waals surface area contributed by atoms with Crippen LogP contribution >= 0.6 is 0 Å². The zero-order valence-electron chi connectivity index (χ0n) is 10.5. The fraction of sp³-hybridized carbons (Fsp3) is 0.786. The molecule has 3 nitrogen and oxygen atoms in total. The fourth-order valence-corrected chi connectivity index (χ4v) is 3.64. The molecule has 1 atom stereocenters. The van der Waals surface area contributed by atoms with Crippen LogP contribution < -0.4 is 5.73 Å². The van der Waals surface area contributed by atoms with Crippen molar-refractivity contribution in [1.29, 1.82) is 0 Å². The zero-order valence-corrected chi connectivity index (χ0v) is 10.5. The van der Waals surface area contributed by atoms with Crippen molar-refractivity contribution < 1.29 is 0 Å². The predicted molar refractivity (Wildman–Crippen MR) is 69.1 cm³/mol. The number of rotatable bonds is 2. The Balaban J connectivity index is 1.91. The van der Waals surface area contributed by atoms with Crippen LogP contribution in [0.3, 0.4) is 0 Å². The van der Waals surface area contributed by atoms with Crippen molar-refractivity contribution in [2.45, 2.75) is 63.2 Å². The molecule has 3 N–H and O–H groups in total. The monoisotopic (exact) mass is 233 g/mol. The van der Waals surface area contributed by atoms with Gasteiger partial charge in [0.25, 0.3) is 0 Å². The van der Waals surface area contributed by atoms with Crippen LogP contribution in [0, 0.1) is 0 Å². The quantitative estimate of drug-likeness (QED) is 0.825. The molecule has 0 saturated heterocycles. The number of nitrogens with one attached hydrogen (secondary N) is 1. The lowest BCUT2D eigenvalue weighted by Gasteiger charge is -2.26. The van der Waals surface area contributed by atoms with Crippen molar-refractivity contribution in [3.05, 3.63) is 17.0 Å². The van der Waals surface area contributed by atoms with Crippen LogP contribution in [0.15, 0.2) is 0 Å². The summed E-state index contributed by atoms with van der Waals surface area (Å²) >= 11 is 0. The standard InChI is InChI=1S/C14H23N3/c15-9-11-7-4-8-12-13(11)14(17-16-12)10-5-2-1-3-6-10/h10-11H,1-9,15H2,(H,16,17). The minimum Gasteiger partial charge on any atom is -0.330 e. The highest BCUT2D eigenvalue weighted by Gasteiger charge is 2.29. The highest BCUT2D eigenvalue weighted by Crippen LogP contribution is 2.40. The van der Waals surface area contributed by atoms with Crippen LogP contribution in [0.1, 0.15) is 73.7 Å². The number of fused-ring (bicyclic) bond motifs is 1. The molecule has 1 unspecified atom stereocenters. The van der Waals surface area contributed by atoms with E-state index in [2.05, 4.69) is 10.2 Å². The first-order valence-corrected chi connectivity index (χ1v) is 7.17. The normalized spacial score (nSPS) is 25.8. The Morgan fingerprint density at radius 3 is 2.71 bits per heavy atom. The van der Waals surface area contributed by atoms with Gasteiger partial charge in [0.1, 0.15) is 0 Å². The lowest BCUT2D eigenvalue weighted by Crippen LogP contribution is -2.20. The number of H-pyrrole nitrogens is 1. The lowest BCUT2D eigenvalue weighted by atomic mass is 9.79. The molecule has 2 aliphatic rings. The molecule has 0 bridgehead atoms. The summed E-state index contributed by atoms with van der Waals surface area (Å²) < 4.78 is 0. The van der Waals surface area contributed by atoms with Crippen molar-refractivity contribution in [3.8, 4) is 0 Å². The van der Waals surface area contributed by atoms with Gasteiger partial charge in [0, 0.05) is 17.2 Å². The van der Waals surface area contributed by atoms with Crippen molar-refractivity contribution in [2.24, 2.45) is 5.73 Å². The molecule has 0 aromatic carbocycles. The summed E-state index contributed by atoms with van der Waals surface area (Å²) in [5.74, 6) is 1.27. The fourth-order valence-electron chi connectivity index (χ4n) is 3.64. The number of aryl methyl sites for hydroxylation is 1. The number of aromatic nitrogens is 2. The molecule has 2 aliphatic carbocycles. The summed E-state index contributed by atoms with van der Waals surface area (Å²) in [5, 5.41) is 7.92. The van der Waals surface area contributed by atoms with Gasteiger partial charge in [-0.05, 0) is 44.6 Å². The maximum absolute atomic E-state index is 5.93. The molecule has 1 fully saturated rings. The first-order chi connectivity index (χ1) is 8.40. The molecule has 1 saturated carbocycles. The first-order valence-electron chi connectivity index (χ1n) is 7.17. The molecule has 1 aromatic rings. The number of nitrogens with two attached hydrogens (primary N) is 1. The summed E-state index contributed by atoms with van der Waals surface area (Å²) in [6.07, 6.45) is 10.5. The Hall–Kier alpha value is -0.830. The molecule has 0 aliphatic heterocycles. The van der Waals surface area contributed by atoms with E-state index in [9.17, 15) is 0 Å². The van der Waals surface area contributed by atoms with E-state index in [1.54, 1.807) is 0 Å². The number of hydrogen-bond acceptors (Lipinski definition) is 2.